The lowest BCUT2D eigenvalue weighted by molar-refractivity contribution is 0.439. The number of hydrogen-bond acceptors (Lipinski definition) is 2. The highest BCUT2D eigenvalue weighted by Crippen LogP contribution is 2.67. The Kier molecular flexibility index (Phi) is 3.98. The molecule has 0 saturated heterocycles. The van der Waals surface area contributed by atoms with E-state index < -0.39 is 0 Å². The van der Waals surface area contributed by atoms with Gasteiger partial charge in [0.2, 0.25) is 0 Å². The highest BCUT2D eigenvalue weighted by atomic mass is 32.1. The zero-order chi connectivity index (χ0) is 19.5. The Morgan fingerprint density at radius 2 is 1.55 bits per heavy atom. The number of benzene rings is 1. The van der Waals surface area contributed by atoms with Gasteiger partial charge < -0.3 is 0 Å². The molecule has 0 spiro atoms. The second-order valence-electron chi connectivity index (χ2n) is 8.51. The first kappa shape index (κ1) is 17.5. The van der Waals surface area contributed by atoms with Gasteiger partial charge in [0.1, 0.15) is 0 Å². The molecule has 0 amide bonds. The standard InChI is InChI=1S/C27H22S2/c1-16-13-18(9-10-21-5-3-11-28-21)22(14-17(16)2)26-24-19-7-8-20(15-19)25(24)27(26)23-6-4-12-29-23/h3-8,11-14,19-20,24-25H,15H2,1-2H3/t19-,20+,24+,25-/m0/s1. The van der Waals surface area contributed by atoms with E-state index in [9.17, 15) is 0 Å². The van der Waals surface area contributed by atoms with Crippen LogP contribution in [0, 0.1) is 49.4 Å². The summed E-state index contributed by atoms with van der Waals surface area (Å²) in [6.07, 6.45) is 6.29. The van der Waals surface area contributed by atoms with Gasteiger partial charge in [-0.05, 0) is 101 Å². The van der Waals surface area contributed by atoms with Crippen molar-refractivity contribution in [2.75, 3.05) is 0 Å². The molecular formula is C27H22S2. The zero-order valence-corrected chi connectivity index (χ0v) is 18.2. The van der Waals surface area contributed by atoms with E-state index in [2.05, 4.69) is 85.0 Å². The lowest BCUT2D eigenvalue weighted by atomic mass is 9.60. The van der Waals surface area contributed by atoms with Crippen LogP contribution in [0.1, 0.15) is 38.4 Å². The summed E-state index contributed by atoms with van der Waals surface area (Å²) in [5.41, 5.74) is 8.43. The molecule has 0 aliphatic heterocycles. The van der Waals surface area contributed by atoms with Crippen molar-refractivity contribution < 1.29 is 0 Å². The summed E-state index contributed by atoms with van der Waals surface area (Å²) < 4.78 is 0. The summed E-state index contributed by atoms with van der Waals surface area (Å²) in [6.45, 7) is 4.44. The zero-order valence-electron chi connectivity index (χ0n) is 16.6. The van der Waals surface area contributed by atoms with Gasteiger partial charge in [-0.15, -0.1) is 22.7 Å². The second kappa shape index (κ2) is 6.59. The molecule has 0 unspecified atom stereocenters. The van der Waals surface area contributed by atoms with Crippen molar-refractivity contribution in [2.24, 2.45) is 23.7 Å². The van der Waals surface area contributed by atoms with Crippen LogP contribution in [0.15, 0.2) is 59.3 Å². The SMILES string of the molecule is Cc1cc(C#Cc2cccs2)c(C2=C(c3cccs3)[C@@H]3[C@H]2[C@H]2C=C[C@@H]3C2)cc1C. The minimum absolute atomic E-state index is 0.673. The Hall–Kier alpha value is -2.34. The molecule has 0 nitrogen and oxygen atoms in total. The molecule has 2 heteroatoms. The first-order valence-electron chi connectivity index (χ1n) is 10.3. The molecular weight excluding hydrogens is 388 g/mol. The largest absolute Gasteiger partial charge is 0.144 e. The van der Waals surface area contributed by atoms with Gasteiger partial charge in [-0.1, -0.05) is 42.2 Å². The molecule has 3 aliphatic rings. The van der Waals surface area contributed by atoms with Crippen LogP contribution in [-0.2, 0) is 0 Å². The van der Waals surface area contributed by atoms with Crippen molar-refractivity contribution in [3.63, 3.8) is 0 Å². The van der Waals surface area contributed by atoms with Crippen molar-refractivity contribution in [2.45, 2.75) is 20.3 Å². The van der Waals surface area contributed by atoms with Gasteiger partial charge in [0, 0.05) is 10.4 Å². The third-order valence-corrected chi connectivity index (χ3v) is 8.66. The molecule has 0 N–H and O–H groups in total. The lowest BCUT2D eigenvalue weighted by Crippen LogP contribution is -2.32. The van der Waals surface area contributed by atoms with Gasteiger partial charge in [0.15, 0.2) is 0 Å². The minimum atomic E-state index is 0.673. The third kappa shape index (κ3) is 2.65. The molecule has 3 aromatic rings. The quantitative estimate of drug-likeness (QED) is 0.310. The van der Waals surface area contributed by atoms with E-state index in [1.54, 1.807) is 22.5 Å². The average molecular weight is 411 g/mol. The average Bonchev–Trinajstić information content (AvgIpc) is 3.48. The van der Waals surface area contributed by atoms with E-state index in [4.69, 9.17) is 0 Å². The Morgan fingerprint density at radius 1 is 0.828 bits per heavy atom. The fourth-order valence-electron chi connectivity index (χ4n) is 5.55. The lowest BCUT2D eigenvalue weighted by Gasteiger charge is -2.44. The molecule has 1 aromatic carbocycles. The normalized spacial score (nSPS) is 26.3. The van der Waals surface area contributed by atoms with Crippen LogP contribution in [0.3, 0.4) is 0 Å². The fourth-order valence-corrected chi connectivity index (χ4v) is 6.95. The van der Waals surface area contributed by atoms with Crippen LogP contribution in [0.4, 0.5) is 0 Å². The molecule has 2 heterocycles. The Bertz CT molecular complexity index is 1210. The van der Waals surface area contributed by atoms with Crippen LogP contribution in [0.5, 0.6) is 0 Å². The Morgan fingerprint density at radius 3 is 2.28 bits per heavy atom. The minimum Gasteiger partial charge on any atom is -0.144 e. The Labute approximate surface area is 180 Å². The van der Waals surface area contributed by atoms with E-state index in [0.717, 1.165) is 10.8 Å². The molecule has 29 heavy (non-hydrogen) atoms. The summed E-state index contributed by atoms with van der Waals surface area (Å²) in [4.78, 5) is 2.59. The van der Waals surface area contributed by atoms with Crippen LogP contribution in [-0.4, -0.2) is 0 Å². The predicted molar refractivity (Wildman–Crippen MR) is 125 cm³/mol. The topological polar surface area (TPSA) is 0 Å². The number of aryl methyl sites for hydroxylation is 2. The second-order valence-corrected chi connectivity index (χ2v) is 10.4. The molecule has 2 aromatic heterocycles. The summed E-state index contributed by atoms with van der Waals surface area (Å²) >= 11 is 3.60. The van der Waals surface area contributed by atoms with E-state index in [1.165, 1.54) is 33.6 Å². The molecule has 1 saturated carbocycles. The van der Waals surface area contributed by atoms with Gasteiger partial charge in [-0.25, -0.2) is 0 Å². The van der Waals surface area contributed by atoms with Crippen molar-refractivity contribution in [3.05, 3.63) is 91.3 Å². The molecule has 1 fully saturated rings. The monoisotopic (exact) mass is 410 g/mol. The molecule has 6 rings (SSSR count). The van der Waals surface area contributed by atoms with Crippen molar-refractivity contribution in [3.8, 4) is 11.8 Å². The van der Waals surface area contributed by atoms with Crippen molar-refractivity contribution >= 4 is 33.8 Å². The number of allylic oxidation sites excluding steroid dienone is 4. The van der Waals surface area contributed by atoms with Crippen molar-refractivity contribution in [1.29, 1.82) is 0 Å². The third-order valence-electron chi connectivity index (χ3n) is 6.97. The smallest absolute Gasteiger partial charge is 0.0772 e. The van der Waals surface area contributed by atoms with Crippen LogP contribution >= 0.6 is 22.7 Å². The number of thiophene rings is 2. The number of hydrogen-bond donors (Lipinski definition) is 0. The first-order chi connectivity index (χ1) is 14.2. The summed E-state index contributed by atoms with van der Waals surface area (Å²) in [5, 5.41) is 4.31. The van der Waals surface area contributed by atoms with E-state index in [-0.39, 0.29) is 0 Å². The first-order valence-corrected chi connectivity index (χ1v) is 12.1. The maximum absolute atomic E-state index is 3.53. The number of rotatable bonds is 2. The fraction of sp³-hybridized carbons (Fsp3) is 0.259. The van der Waals surface area contributed by atoms with Gasteiger partial charge >= 0.3 is 0 Å². The van der Waals surface area contributed by atoms with Gasteiger partial charge in [0.25, 0.3) is 0 Å². The maximum atomic E-state index is 3.53. The highest BCUT2D eigenvalue weighted by molar-refractivity contribution is 7.11. The molecule has 142 valence electrons. The summed E-state index contributed by atoms with van der Waals surface area (Å²) in [5.74, 6) is 9.77. The molecule has 3 aliphatic carbocycles. The van der Waals surface area contributed by atoms with Crippen LogP contribution in [0.25, 0.3) is 11.1 Å². The highest BCUT2D eigenvalue weighted by Gasteiger charge is 2.55. The summed E-state index contributed by atoms with van der Waals surface area (Å²) in [6, 6.07) is 13.4. The van der Waals surface area contributed by atoms with E-state index >= 15 is 0 Å². The van der Waals surface area contributed by atoms with E-state index in [1.807, 2.05) is 11.3 Å². The van der Waals surface area contributed by atoms with Gasteiger partial charge in [0.05, 0.1) is 4.88 Å². The van der Waals surface area contributed by atoms with Gasteiger partial charge in [-0.2, -0.15) is 0 Å². The number of fused-ring (bicyclic) bond motifs is 5. The van der Waals surface area contributed by atoms with Gasteiger partial charge in [-0.3, -0.25) is 0 Å². The van der Waals surface area contributed by atoms with Crippen molar-refractivity contribution in [1.82, 2.24) is 0 Å². The predicted octanol–water partition coefficient (Wildman–Crippen LogP) is 7.19. The molecule has 4 atom stereocenters. The van der Waals surface area contributed by atoms with Crippen LogP contribution in [0.2, 0.25) is 0 Å². The molecule has 2 bridgehead atoms. The Balaban J connectivity index is 1.55. The maximum Gasteiger partial charge on any atom is 0.0772 e. The van der Waals surface area contributed by atoms with E-state index in [0.29, 0.717) is 17.8 Å². The summed E-state index contributed by atoms with van der Waals surface area (Å²) in [7, 11) is 0. The van der Waals surface area contributed by atoms with Crippen LogP contribution < -0.4 is 0 Å². The molecule has 0 radical (unpaired) electrons.